The number of alkyl halides is 3. The van der Waals surface area contributed by atoms with Gasteiger partial charge < -0.3 is 9.47 Å². The molecule has 23 heavy (non-hydrogen) atoms. The third-order valence-corrected chi connectivity index (χ3v) is 4.42. The van der Waals surface area contributed by atoms with E-state index in [2.05, 4.69) is 10.1 Å². The van der Waals surface area contributed by atoms with Gasteiger partial charge >= 0.3 is 12.1 Å². The number of benzene rings is 1. The van der Waals surface area contributed by atoms with E-state index in [1.54, 1.807) is 0 Å². The Kier molecular flexibility index (Phi) is 3.92. The summed E-state index contributed by atoms with van der Waals surface area (Å²) in [6.45, 7) is 0.442. The molecule has 1 unspecified atom stereocenters. The first kappa shape index (κ1) is 16.3. The quantitative estimate of drug-likeness (QED) is 0.670. The molecule has 0 radical (unpaired) electrons. The maximum Gasteiger partial charge on any atom is 0.490 e. The third-order valence-electron chi connectivity index (χ3n) is 4.11. The fourth-order valence-electron chi connectivity index (χ4n) is 2.85. The summed E-state index contributed by atoms with van der Waals surface area (Å²) < 4.78 is 59.9. The van der Waals surface area contributed by atoms with Gasteiger partial charge in [0.15, 0.2) is 6.23 Å². The molecule has 1 aliphatic carbocycles. The van der Waals surface area contributed by atoms with Crippen LogP contribution in [0.2, 0.25) is 5.02 Å². The maximum absolute atomic E-state index is 13.3. The van der Waals surface area contributed by atoms with Crippen molar-refractivity contribution in [1.29, 1.82) is 0 Å². The molecule has 9 heteroatoms. The van der Waals surface area contributed by atoms with Gasteiger partial charge in [0.2, 0.25) is 0 Å². The van der Waals surface area contributed by atoms with E-state index in [0.29, 0.717) is 25.1 Å². The first-order chi connectivity index (χ1) is 10.7. The van der Waals surface area contributed by atoms with Gasteiger partial charge in [0, 0.05) is 18.0 Å². The summed E-state index contributed by atoms with van der Waals surface area (Å²) in [4.78, 5) is 10.9. The second-order valence-corrected chi connectivity index (χ2v) is 6.16. The van der Waals surface area contributed by atoms with E-state index in [9.17, 15) is 22.4 Å². The number of halogens is 5. The fourth-order valence-corrected chi connectivity index (χ4v) is 2.96. The van der Waals surface area contributed by atoms with Crippen molar-refractivity contribution in [3.63, 3.8) is 0 Å². The zero-order valence-electron chi connectivity index (χ0n) is 11.6. The lowest BCUT2D eigenvalue weighted by atomic mass is 9.61. The molecule has 126 valence electrons. The van der Waals surface area contributed by atoms with E-state index in [1.807, 2.05) is 0 Å². The second-order valence-electron chi connectivity index (χ2n) is 5.75. The summed E-state index contributed by atoms with van der Waals surface area (Å²) in [5, 5.41) is 2.64. The van der Waals surface area contributed by atoms with Crippen LogP contribution < -0.4 is 10.1 Å². The number of hydrogen-bond donors (Lipinski definition) is 1. The highest BCUT2D eigenvalue weighted by molar-refractivity contribution is 6.30. The van der Waals surface area contributed by atoms with Crippen molar-refractivity contribution in [2.75, 3.05) is 6.54 Å². The Morgan fingerprint density at radius 3 is 2.57 bits per heavy atom. The topological polar surface area (TPSA) is 47.6 Å². The van der Waals surface area contributed by atoms with Gasteiger partial charge in [0.05, 0.1) is 5.02 Å². The molecule has 1 heterocycles. The Bertz CT molecular complexity index is 631. The average Bonchev–Trinajstić information content (AvgIpc) is 2.40. The molecule has 1 aromatic carbocycles. The van der Waals surface area contributed by atoms with E-state index in [0.717, 1.165) is 6.07 Å². The Hall–Kier alpha value is -1.54. The molecule has 1 spiro atoms. The van der Waals surface area contributed by atoms with Crippen LogP contribution in [0.15, 0.2) is 18.2 Å². The summed E-state index contributed by atoms with van der Waals surface area (Å²) in [7, 11) is 0. The van der Waals surface area contributed by atoms with Crippen LogP contribution in [0.25, 0.3) is 0 Å². The van der Waals surface area contributed by atoms with E-state index in [1.165, 1.54) is 12.1 Å². The fraction of sp³-hybridized carbons (Fsp3) is 0.500. The number of nitrogens with one attached hydrogen (secondary N) is 1. The molecule has 3 rings (SSSR count). The summed E-state index contributed by atoms with van der Waals surface area (Å²) in [6.07, 6.45) is -5.43. The monoisotopic (exact) mass is 353 g/mol. The first-order valence-electron chi connectivity index (χ1n) is 6.82. The first-order valence-corrected chi connectivity index (χ1v) is 7.20. The molecule has 1 aromatic rings. The minimum atomic E-state index is -5.01. The number of carbonyl (C=O) groups excluding carboxylic acids is 1. The molecular formula is C14H12ClF4NO3. The second kappa shape index (κ2) is 5.52. The van der Waals surface area contributed by atoms with Gasteiger partial charge in [-0.2, -0.15) is 13.2 Å². The molecule has 1 saturated heterocycles. The lowest BCUT2D eigenvalue weighted by Crippen LogP contribution is -2.71. The van der Waals surface area contributed by atoms with Crippen LogP contribution >= 0.6 is 11.6 Å². The molecule has 0 amide bonds. The normalized spacial score (nSPS) is 29.6. The summed E-state index contributed by atoms with van der Waals surface area (Å²) >= 11 is 5.57. The number of esters is 1. The van der Waals surface area contributed by atoms with Gasteiger partial charge in [-0.1, -0.05) is 11.6 Å². The van der Waals surface area contributed by atoms with E-state index >= 15 is 0 Å². The van der Waals surface area contributed by atoms with Crippen molar-refractivity contribution in [3.05, 3.63) is 29.0 Å². The van der Waals surface area contributed by atoms with Gasteiger partial charge in [0.25, 0.3) is 0 Å². The van der Waals surface area contributed by atoms with E-state index in [-0.39, 0.29) is 11.1 Å². The van der Waals surface area contributed by atoms with Crippen LogP contribution in [-0.4, -0.2) is 31.0 Å². The van der Waals surface area contributed by atoms with Crippen LogP contribution in [-0.2, 0) is 9.53 Å². The zero-order valence-corrected chi connectivity index (χ0v) is 12.4. The highest BCUT2D eigenvalue weighted by Crippen LogP contribution is 2.50. The third kappa shape index (κ3) is 3.10. The van der Waals surface area contributed by atoms with Crippen LogP contribution in [0.1, 0.15) is 12.8 Å². The summed E-state index contributed by atoms with van der Waals surface area (Å²) in [5.74, 6) is -2.53. The van der Waals surface area contributed by atoms with Crippen molar-refractivity contribution in [2.45, 2.75) is 31.3 Å². The highest BCUT2D eigenvalue weighted by Gasteiger charge is 2.60. The van der Waals surface area contributed by atoms with Crippen LogP contribution in [0, 0.1) is 11.2 Å². The number of rotatable bonds is 3. The van der Waals surface area contributed by atoms with Gasteiger partial charge in [-0.15, -0.1) is 0 Å². The molecule has 0 bridgehead atoms. The lowest BCUT2D eigenvalue weighted by Gasteiger charge is -2.57. The zero-order chi connectivity index (χ0) is 16.8. The Morgan fingerprint density at radius 1 is 1.35 bits per heavy atom. The molecule has 2 fully saturated rings. The largest absolute Gasteiger partial charge is 0.490 e. The van der Waals surface area contributed by atoms with Gasteiger partial charge in [-0.25, -0.2) is 9.18 Å². The van der Waals surface area contributed by atoms with Gasteiger partial charge in [0.1, 0.15) is 17.7 Å². The summed E-state index contributed by atoms with van der Waals surface area (Å²) in [6, 6.07) is 4.02. The smallest absolute Gasteiger partial charge is 0.490 e. The van der Waals surface area contributed by atoms with Crippen molar-refractivity contribution < 1.29 is 31.8 Å². The molecule has 1 atom stereocenters. The van der Waals surface area contributed by atoms with Crippen LogP contribution in [0.3, 0.4) is 0 Å². The standard InChI is InChI=1S/C14H12ClF4NO3/c15-9-2-1-7(3-10(9)16)22-8-4-13(5-8)6-20-11(13)23-12(21)14(17,18)19/h1-3,8,11,20H,4-6H2. The molecule has 1 aliphatic heterocycles. The van der Waals surface area contributed by atoms with Gasteiger partial charge in [-0.3, -0.25) is 5.32 Å². The molecule has 2 aliphatic rings. The van der Waals surface area contributed by atoms with E-state index in [4.69, 9.17) is 16.3 Å². The Balaban J connectivity index is 1.54. The van der Waals surface area contributed by atoms with Crippen molar-refractivity contribution >= 4 is 17.6 Å². The summed E-state index contributed by atoms with van der Waals surface area (Å²) in [5.41, 5.74) is -0.545. The number of ether oxygens (including phenoxy) is 2. The predicted molar refractivity (Wildman–Crippen MR) is 71.4 cm³/mol. The van der Waals surface area contributed by atoms with Crippen LogP contribution in [0.5, 0.6) is 5.75 Å². The molecule has 1 N–H and O–H groups in total. The molecule has 1 saturated carbocycles. The molecule has 0 aromatic heterocycles. The van der Waals surface area contributed by atoms with Gasteiger partial charge in [-0.05, 0) is 25.0 Å². The predicted octanol–water partition coefficient (Wildman–Crippen LogP) is 3.04. The highest BCUT2D eigenvalue weighted by atomic mass is 35.5. The Labute approximate surface area is 133 Å². The average molecular weight is 354 g/mol. The SMILES string of the molecule is O=C(OC1NCC12CC(Oc1ccc(Cl)c(F)c1)C2)C(F)(F)F. The van der Waals surface area contributed by atoms with Crippen molar-refractivity contribution in [3.8, 4) is 5.75 Å². The van der Waals surface area contributed by atoms with Crippen molar-refractivity contribution in [1.82, 2.24) is 5.32 Å². The maximum atomic E-state index is 13.3. The number of carbonyl (C=O) groups is 1. The molecular weight excluding hydrogens is 342 g/mol. The minimum absolute atomic E-state index is 0.0234. The Morgan fingerprint density at radius 2 is 2.04 bits per heavy atom. The van der Waals surface area contributed by atoms with E-state index < -0.39 is 29.6 Å². The molecule has 4 nitrogen and oxygen atoms in total. The number of hydrogen-bond acceptors (Lipinski definition) is 4. The van der Waals surface area contributed by atoms with Crippen LogP contribution in [0.4, 0.5) is 17.6 Å². The van der Waals surface area contributed by atoms with Crippen molar-refractivity contribution in [2.24, 2.45) is 5.41 Å². The lowest BCUT2D eigenvalue weighted by molar-refractivity contribution is -0.236. The minimum Gasteiger partial charge on any atom is -0.490 e.